The number of aryl methyl sites for hydroxylation is 2. The fourth-order valence-corrected chi connectivity index (χ4v) is 5.27. The van der Waals surface area contributed by atoms with Crippen LogP contribution < -0.4 is 4.74 Å². The lowest BCUT2D eigenvalue weighted by atomic mass is 10.1. The molecule has 0 spiro atoms. The second kappa shape index (κ2) is 11.5. The van der Waals surface area contributed by atoms with Gasteiger partial charge in [0.15, 0.2) is 5.16 Å². The fourth-order valence-electron chi connectivity index (χ4n) is 3.59. The number of nitrogens with zero attached hydrogens (tertiary/aromatic N) is 5. The van der Waals surface area contributed by atoms with Crippen molar-refractivity contribution in [2.45, 2.75) is 30.9 Å². The fraction of sp³-hybridized carbons (Fsp3) is 0.200. The highest BCUT2D eigenvalue weighted by atomic mass is 79.9. The molecule has 3 aromatic carbocycles. The Hall–Kier alpha value is -3.77. The van der Waals surface area contributed by atoms with E-state index < -0.39 is 10.2 Å². The van der Waals surface area contributed by atoms with Crippen molar-refractivity contribution < 1.29 is 14.6 Å². The molecule has 1 heterocycles. The minimum Gasteiger partial charge on any atom is -0.488 e. The van der Waals surface area contributed by atoms with Crippen molar-refractivity contribution >= 4 is 33.4 Å². The van der Waals surface area contributed by atoms with Crippen molar-refractivity contribution in [3.8, 4) is 11.4 Å². The van der Waals surface area contributed by atoms with E-state index in [9.17, 15) is 20.2 Å². The van der Waals surface area contributed by atoms with Crippen molar-refractivity contribution in [1.29, 1.82) is 0 Å². The number of non-ortho nitro benzene ring substituents is 1. The van der Waals surface area contributed by atoms with E-state index in [-0.39, 0.29) is 23.8 Å². The second-order valence-corrected chi connectivity index (χ2v) is 10.2. The molecule has 37 heavy (non-hydrogen) atoms. The molecule has 0 aliphatic heterocycles. The van der Waals surface area contributed by atoms with E-state index in [1.807, 2.05) is 42.7 Å². The van der Waals surface area contributed by atoms with Crippen LogP contribution >= 0.6 is 27.7 Å². The zero-order chi connectivity index (χ0) is 26.5. The minimum absolute atomic E-state index is 0.0111. The van der Waals surface area contributed by atoms with Crippen LogP contribution in [0.25, 0.3) is 5.69 Å². The predicted octanol–water partition coefficient (Wildman–Crippen LogP) is 6.24. The number of nitro benzene ring substituents is 1. The Morgan fingerprint density at radius 3 is 2.32 bits per heavy atom. The largest absolute Gasteiger partial charge is 0.488 e. The first-order valence-electron chi connectivity index (χ1n) is 11.1. The van der Waals surface area contributed by atoms with Crippen LogP contribution in [0.4, 0.5) is 5.69 Å². The molecule has 0 N–H and O–H groups in total. The molecule has 190 valence electrons. The maximum atomic E-state index is 11.5. The van der Waals surface area contributed by atoms with Crippen molar-refractivity contribution in [3.63, 3.8) is 0 Å². The number of hydrogen-bond donors (Lipinski definition) is 0. The summed E-state index contributed by atoms with van der Waals surface area (Å²) in [6.07, 6.45) is 0. The lowest BCUT2D eigenvalue weighted by Crippen LogP contribution is -2.11. The van der Waals surface area contributed by atoms with Gasteiger partial charge in [0, 0.05) is 22.7 Å². The van der Waals surface area contributed by atoms with Gasteiger partial charge in [-0.15, -0.1) is 10.2 Å². The van der Waals surface area contributed by atoms with E-state index in [4.69, 9.17) is 4.74 Å². The lowest BCUT2D eigenvalue weighted by Gasteiger charge is -2.16. The Balaban J connectivity index is 1.54. The smallest absolute Gasteiger partial charge is 0.269 e. The van der Waals surface area contributed by atoms with Crippen LogP contribution in [0.2, 0.25) is 0 Å². The summed E-state index contributed by atoms with van der Waals surface area (Å²) in [6.45, 7) is 3.75. The zero-order valence-corrected chi connectivity index (χ0v) is 22.3. The van der Waals surface area contributed by atoms with Crippen LogP contribution in [0, 0.1) is 34.1 Å². The topological polar surface area (TPSA) is 126 Å². The first-order valence-corrected chi connectivity index (χ1v) is 12.8. The minimum atomic E-state index is -0.525. The highest BCUT2D eigenvalue weighted by Crippen LogP contribution is 2.39. The Kier molecular flexibility index (Phi) is 8.19. The summed E-state index contributed by atoms with van der Waals surface area (Å²) in [5.74, 6) is 1.23. The number of benzene rings is 3. The number of hydrogen-bond acceptors (Lipinski definition) is 8. The van der Waals surface area contributed by atoms with Gasteiger partial charge in [0.25, 0.3) is 5.69 Å². The number of rotatable bonds is 10. The molecule has 0 amide bonds. The van der Waals surface area contributed by atoms with Gasteiger partial charge in [0.1, 0.15) is 23.4 Å². The van der Waals surface area contributed by atoms with Gasteiger partial charge in [-0.25, -0.2) is 0 Å². The normalized spacial score (nSPS) is 11.8. The van der Waals surface area contributed by atoms with Crippen LogP contribution in [0.1, 0.15) is 27.8 Å². The van der Waals surface area contributed by atoms with Gasteiger partial charge < -0.3 is 4.74 Å². The third kappa shape index (κ3) is 6.52. The molecule has 1 aromatic heterocycles. The zero-order valence-electron chi connectivity index (χ0n) is 19.9. The number of aromatic nitrogens is 3. The van der Waals surface area contributed by atoms with Crippen molar-refractivity contribution in [2.24, 2.45) is 0 Å². The maximum absolute atomic E-state index is 11.5. The molecule has 4 aromatic rings. The van der Waals surface area contributed by atoms with Crippen LogP contribution in [-0.2, 0) is 6.61 Å². The summed E-state index contributed by atoms with van der Waals surface area (Å²) < 4.78 is 8.38. The van der Waals surface area contributed by atoms with E-state index in [0.29, 0.717) is 21.2 Å². The average molecular weight is 584 g/mol. The molecule has 0 saturated carbocycles. The predicted molar refractivity (Wildman–Crippen MR) is 143 cm³/mol. The van der Waals surface area contributed by atoms with Crippen LogP contribution in [0.15, 0.2) is 76.4 Å². The molecule has 0 bridgehead atoms. The van der Waals surface area contributed by atoms with Crippen molar-refractivity contribution in [2.75, 3.05) is 6.54 Å². The summed E-state index contributed by atoms with van der Waals surface area (Å²) in [5, 5.41) is 30.9. The van der Waals surface area contributed by atoms with Gasteiger partial charge >= 0.3 is 0 Å². The van der Waals surface area contributed by atoms with Crippen molar-refractivity contribution in [3.05, 3.63) is 114 Å². The first-order chi connectivity index (χ1) is 17.7. The molecule has 10 nitrogen and oxygen atoms in total. The molecule has 1 atom stereocenters. The summed E-state index contributed by atoms with van der Waals surface area (Å²) in [7, 11) is 0. The molecular formula is C25H22BrN5O5S. The molecule has 0 radical (unpaired) electrons. The molecule has 0 fully saturated rings. The summed E-state index contributed by atoms with van der Waals surface area (Å²) in [4.78, 5) is 21.5. The standard InChI is InChI=1S/C25H22BrN5O5S/c1-16-3-8-20(9-4-16)30-17(2)27-28-25(30)37-24(14-29(32)33)19-7-12-23(22(26)13-19)36-15-18-5-10-21(11-6-18)31(34)35/h3-13,24H,14-15H2,1-2H3/t24-/m0/s1. The maximum Gasteiger partial charge on any atom is 0.269 e. The molecular weight excluding hydrogens is 562 g/mol. The summed E-state index contributed by atoms with van der Waals surface area (Å²) in [6, 6.07) is 19.4. The Morgan fingerprint density at radius 2 is 1.70 bits per heavy atom. The van der Waals surface area contributed by atoms with E-state index in [1.165, 1.54) is 23.9 Å². The van der Waals surface area contributed by atoms with E-state index in [2.05, 4.69) is 26.1 Å². The third-order valence-corrected chi connectivity index (χ3v) is 7.32. The molecule has 0 unspecified atom stereocenters. The monoisotopic (exact) mass is 583 g/mol. The van der Waals surface area contributed by atoms with Gasteiger partial charge in [-0.05, 0) is 77.3 Å². The molecule has 12 heteroatoms. The number of halogens is 1. The third-order valence-electron chi connectivity index (χ3n) is 5.52. The van der Waals surface area contributed by atoms with Crippen molar-refractivity contribution in [1.82, 2.24) is 14.8 Å². The van der Waals surface area contributed by atoms with Gasteiger partial charge in [0.2, 0.25) is 6.54 Å². The van der Waals surface area contributed by atoms with Crippen LogP contribution in [-0.4, -0.2) is 31.2 Å². The number of nitro groups is 2. The Bertz CT molecular complexity index is 1430. The quantitative estimate of drug-likeness (QED) is 0.122. The highest BCUT2D eigenvalue weighted by molar-refractivity contribution is 9.10. The highest BCUT2D eigenvalue weighted by Gasteiger charge is 2.24. The van der Waals surface area contributed by atoms with Crippen LogP contribution in [0.3, 0.4) is 0 Å². The summed E-state index contributed by atoms with van der Waals surface area (Å²) in [5.41, 5.74) is 3.51. The lowest BCUT2D eigenvalue weighted by molar-refractivity contribution is -0.479. The van der Waals surface area contributed by atoms with E-state index >= 15 is 0 Å². The van der Waals surface area contributed by atoms with Gasteiger partial charge in [-0.1, -0.05) is 35.5 Å². The first kappa shape index (κ1) is 26.3. The molecule has 4 rings (SSSR count). The van der Waals surface area contributed by atoms with E-state index in [1.54, 1.807) is 30.3 Å². The van der Waals surface area contributed by atoms with Gasteiger partial charge in [-0.3, -0.25) is 24.8 Å². The SMILES string of the molecule is Cc1ccc(-n2c(C)nnc2S[C@@H](C[N+](=O)[O-])c2ccc(OCc3ccc([N+](=O)[O-])cc3)c(Br)c2)cc1. The number of ether oxygens (including phenoxy) is 1. The summed E-state index contributed by atoms with van der Waals surface area (Å²) >= 11 is 4.78. The van der Waals surface area contributed by atoms with E-state index in [0.717, 1.165) is 22.4 Å². The molecule has 0 saturated heterocycles. The Morgan fingerprint density at radius 1 is 1.00 bits per heavy atom. The second-order valence-electron chi connectivity index (χ2n) is 8.22. The van der Waals surface area contributed by atoms with Gasteiger partial charge in [0.05, 0.1) is 9.40 Å². The average Bonchev–Trinajstić information content (AvgIpc) is 3.23. The number of thioether (sulfide) groups is 1. The van der Waals surface area contributed by atoms with Gasteiger partial charge in [-0.2, -0.15) is 0 Å². The Labute approximate surface area is 225 Å². The molecule has 0 aliphatic rings. The molecule has 0 aliphatic carbocycles. The van der Waals surface area contributed by atoms with Crippen LogP contribution in [0.5, 0.6) is 5.75 Å².